The summed E-state index contributed by atoms with van der Waals surface area (Å²) in [6.07, 6.45) is -1.82. The highest BCUT2D eigenvalue weighted by molar-refractivity contribution is 5.26. The summed E-state index contributed by atoms with van der Waals surface area (Å²) in [5, 5.41) is 9.46. The van der Waals surface area contributed by atoms with E-state index in [1.165, 1.54) is 0 Å². The van der Waals surface area contributed by atoms with Crippen molar-refractivity contribution in [2.24, 2.45) is 5.92 Å². The van der Waals surface area contributed by atoms with Crippen LogP contribution in [0.5, 0.6) is 0 Å². The minimum atomic E-state index is -2.22. The molecular weight excluding hydrogens is 243 g/mol. The first-order chi connectivity index (χ1) is 7.77. The molecule has 1 atom stereocenters. The van der Waals surface area contributed by atoms with Gasteiger partial charge in [0, 0.05) is 0 Å². The predicted molar refractivity (Wildman–Crippen MR) is 50.6 cm³/mol. The second-order valence-corrected chi connectivity index (χ2v) is 4.13. The van der Waals surface area contributed by atoms with Gasteiger partial charge in [-0.25, -0.2) is 22.0 Å². The summed E-state index contributed by atoms with van der Waals surface area (Å²) in [6.45, 7) is 3.30. The smallest absolute Gasteiger partial charge is 0.200 e. The van der Waals surface area contributed by atoms with Gasteiger partial charge in [0.25, 0.3) is 0 Å². The molecule has 0 saturated heterocycles. The summed E-state index contributed by atoms with van der Waals surface area (Å²) >= 11 is 0. The standard InChI is InChI=1S/C11H11F5O/c1-4(2)3-5(17)6-7(12)9(14)11(16)10(15)8(6)13/h4-5,17H,3H2,1-2H3. The lowest BCUT2D eigenvalue weighted by atomic mass is 9.98. The van der Waals surface area contributed by atoms with Crippen molar-refractivity contribution in [3.8, 4) is 0 Å². The molecule has 0 aliphatic carbocycles. The normalized spacial score (nSPS) is 13.2. The Morgan fingerprint density at radius 1 is 0.824 bits per heavy atom. The van der Waals surface area contributed by atoms with E-state index >= 15 is 0 Å². The Bertz CT molecular complexity index is 401. The summed E-state index contributed by atoms with van der Waals surface area (Å²) in [5.41, 5.74) is -1.17. The van der Waals surface area contributed by atoms with Crippen LogP contribution < -0.4 is 0 Å². The molecule has 0 heterocycles. The van der Waals surface area contributed by atoms with Crippen LogP contribution >= 0.6 is 0 Å². The van der Waals surface area contributed by atoms with E-state index in [2.05, 4.69) is 0 Å². The Balaban J connectivity index is 3.33. The van der Waals surface area contributed by atoms with Crippen LogP contribution in [-0.4, -0.2) is 5.11 Å². The van der Waals surface area contributed by atoms with E-state index in [9.17, 15) is 27.1 Å². The van der Waals surface area contributed by atoms with Gasteiger partial charge in [0.1, 0.15) is 0 Å². The molecule has 1 N–H and O–H groups in total. The Kier molecular flexibility index (Phi) is 4.08. The van der Waals surface area contributed by atoms with Gasteiger partial charge >= 0.3 is 0 Å². The van der Waals surface area contributed by atoms with Crippen molar-refractivity contribution in [2.75, 3.05) is 0 Å². The van der Waals surface area contributed by atoms with Gasteiger partial charge in [0.15, 0.2) is 23.3 Å². The van der Waals surface area contributed by atoms with Crippen molar-refractivity contribution in [3.63, 3.8) is 0 Å². The molecular formula is C11H11F5O. The van der Waals surface area contributed by atoms with Crippen LogP contribution in [0.2, 0.25) is 0 Å². The Hall–Kier alpha value is -1.17. The predicted octanol–water partition coefficient (Wildman–Crippen LogP) is 3.46. The van der Waals surface area contributed by atoms with E-state index in [0.29, 0.717) is 0 Å². The fourth-order valence-electron chi connectivity index (χ4n) is 1.48. The molecule has 0 radical (unpaired) electrons. The fraction of sp³-hybridized carbons (Fsp3) is 0.455. The highest BCUT2D eigenvalue weighted by Crippen LogP contribution is 2.30. The minimum absolute atomic E-state index is 0.0989. The van der Waals surface area contributed by atoms with Crippen molar-refractivity contribution in [1.82, 2.24) is 0 Å². The van der Waals surface area contributed by atoms with Crippen LogP contribution in [0.3, 0.4) is 0 Å². The largest absolute Gasteiger partial charge is 0.388 e. The van der Waals surface area contributed by atoms with E-state index in [-0.39, 0.29) is 12.3 Å². The van der Waals surface area contributed by atoms with E-state index in [1.807, 2.05) is 0 Å². The zero-order chi connectivity index (χ0) is 13.3. The van der Waals surface area contributed by atoms with Crippen LogP contribution in [-0.2, 0) is 0 Å². The number of halogens is 5. The van der Waals surface area contributed by atoms with Crippen molar-refractivity contribution in [1.29, 1.82) is 0 Å². The molecule has 17 heavy (non-hydrogen) atoms. The zero-order valence-corrected chi connectivity index (χ0v) is 9.20. The van der Waals surface area contributed by atoms with Crippen LogP contribution in [0.25, 0.3) is 0 Å². The lowest BCUT2D eigenvalue weighted by Crippen LogP contribution is -2.12. The first-order valence-electron chi connectivity index (χ1n) is 4.96. The van der Waals surface area contributed by atoms with E-state index in [0.717, 1.165) is 0 Å². The maximum Gasteiger partial charge on any atom is 0.200 e. The minimum Gasteiger partial charge on any atom is -0.388 e. The third-order valence-corrected chi connectivity index (χ3v) is 2.27. The van der Waals surface area contributed by atoms with Crippen molar-refractivity contribution in [2.45, 2.75) is 26.4 Å². The number of rotatable bonds is 3. The molecule has 0 amide bonds. The Morgan fingerprint density at radius 3 is 1.53 bits per heavy atom. The summed E-state index contributed by atoms with van der Waals surface area (Å²) < 4.78 is 64.8. The molecule has 0 fully saturated rings. The lowest BCUT2D eigenvalue weighted by Gasteiger charge is -2.16. The third-order valence-electron chi connectivity index (χ3n) is 2.27. The fourth-order valence-corrected chi connectivity index (χ4v) is 1.48. The maximum absolute atomic E-state index is 13.2. The van der Waals surface area contributed by atoms with Crippen LogP contribution in [0.4, 0.5) is 22.0 Å². The molecule has 0 aromatic heterocycles. The number of benzene rings is 1. The van der Waals surface area contributed by atoms with Gasteiger partial charge < -0.3 is 5.11 Å². The maximum atomic E-state index is 13.2. The first kappa shape index (κ1) is 13.9. The number of aliphatic hydroxyl groups excluding tert-OH is 1. The molecule has 0 spiro atoms. The van der Waals surface area contributed by atoms with Gasteiger partial charge in [-0.2, -0.15) is 0 Å². The van der Waals surface area contributed by atoms with E-state index in [4.69, 9.17) is 0 Å². The van der Waals surface area contributed by atoms with Gasteiger partial charge in [-0.15, -0.1) is 0 Å². The van der Waals surface area contributed by atoms with Crippen LogP contribution in [0.1, 0.15) is 31.9 Å². The average Bonchev–Trinajstić information content (AvgIpc) is 2.23. The highest BCUT2D eigenvalue weighted by Gasteiger charge is 2.29. The van der Waals surface area contributed by atoms with E-state index in [1.54, 1.807) is 13.8 Å². The van der Waals surface area contributed by atoms with Crippen LogP contribution in [0, 0.1) is 35.0 Å². The lowest BCUT2D eigenvalue weighted by molar-refractivity contribution is 0.138. The van der Waals surface area contributed by atoms with Crippen LogP contribution in [0.15, 0.2) is 0 Å². The third kappa shape index (κ3) is 2.57. The molecule has 0 aliphatic heterocycles. The molecule has 1 unspecified atom stereocenters. The molecule has 96 valence electrons. The number of hydrogen-bond donors (Lipinski definition) is 1. The molecule has 0 aliphatic rings. The molecule has 1 rings (SSSR count). The van der Waals surface area contributed by atoms with Gasteiger partial charge in [-0.3, -0.25) is 0 Å². The first-order valence-corrected chi connectivity index (χ1v) is 4.96. The number of aliphatic hydroxyl groups is 1. The molecule has 1 nitrogen and oxygen atoms in total. The molecule has 6 heteroatoms. The summed E-state index contributed by atoms with van der Waals surface area (Å²) in [4.78, 5) is 0. The van der Waals surface area contributed by atoms with Crippen molar-refractivity contribution in [3.05, 3.63) is 34.6 Å². The summed E-state index contributed by atoms with van der Waals surface area (Å²) in [7, 11) is 0. The van der Waals surface area contributed by atoms with Gasteiger partial charge in [-0.05, 0) is 12.3 Å². The summed E-state index contributed by atoms with van der Waals surface area (Å²) in [5.74, 6) is -10.4. The SMILES string of the molecule is CC(C)CC(O)c1c(F)c(F)c(F)c(F)c1F. The quantitative estimate of drug-likeness (QED) is 0.497. The zero-order valence-electron chi connectivity index (χ0n) is 9.20. The second-order valence-electron chi connectivity index (χ2n) is 4.13. The topological polar surface area (TPSA) is 20.2 Å². The number of hydrogen-bond acceptors (Lipinski definition) is 1. The van der Waals surface area contributed by atoms with Gasteiger partial charge in [-0.1, -0.05) is 13.8 Å². The Labute approximate surface area is 94.9 Å². The second kappa shape index (κ2) is 5.00. The van der Waals surface area contributed by atoms with Gasteiger partial charge in [0.2, 0.25) is 5.82 Å². The molecule has 0 bridgehead atoms. The average molecular weight is 254 g/mol. The van der Waals surface area contributed by atoms with Crippen molar-refractivity contribution >= 4 is 0 Å². The summed E-state index contributed by atoms with van der Waals surface area (Å²) in [6, 6.07) is 0. The Morgan fingerprint density at radius 2 is 1.18 bits per heavy atom. The molecule has 0 saturated carbocycles. The molecule has 1 aromatic carbocycles. The highest BCUT2D eigenvalue weighted by atomic mass is 19.2. The molecule has 1 aromatic rings. The van der Waals surface area contributed by atoms with Gasteiger partial charge in [0.05, 0.1) is 11.7 Å². The monoisotopic (exact) mass is 254 g/mol. The van der Waals surface area contributed by atoms with E-state index < -0.39 is 40.8 Å². The van der Waals surface area contributed by atoms with Crippen molar-refractivity contribution < 1.29 is 27.1 Å².